The number of rotatable bonds is 5. The fourth-order valence-corrected chi connectivity index (χ4v) is 2.90. The van der Waals surface area contributed by atoms with Gasteiger partial charge in [-0.15, -0.1) is 0 Å². The van der Waals surface area contributed by atoms with Gasteiger partial charge in [-0.1, -0.05) is 6.07 Å². The van der Waals surface area contributed by atoms with Crippen molar-refractivity contribution in [2.75, 3.05) is 26.2 Å². The lowest BCUT2D eigenvalue weighted by Gasteiger charge is -2.35. The van der Waals surface area contributed by atoms with Gasteiger partial charge in [0.05, 0.1) is 5.92 Å². The van der Waals surface area contributed by atoms with Crippen LogP contribution in [0.15, 0.2) is 24.5 Å². The van der Waals surface area contributed by atoms with Crippen molar-refractivity contribution < 1.29 is 9.59 Å². The van der Waals surface area contributed by atoms with E-state index in [0.29, 0.717) is 26.2 Å². The minimum Gasteiger partial charge on any atom is -0.352 e. The van der Waals surface area contributed by atoms with Gasteiger partial charge >= 0.3 is 6.03 Å². The van der Waals surface area contributed by atoms with Gasteiger partial charge in [0.1, 0.15) is 0 Å². The highest BCUT2D eigenvalue weighted by atomic mass is 16.2. The molecule has 2 rings (SSSR count). The van der Waals surface area contributed by atoms with Crippen LogP contribution in [-0.2, 0) is 11.3 Å². The molecular weight excluding hydrogens is 292 g/mol. The van der Waals surface area contributed by atoms with E-state index in [1.165, 1.54) is 0 Å². The molecule has 6 heteroatoms. The summed E-state index contributed by atoms with van der Waals surface area (Å²) >= 11 is 0. The quantitative estimate of drug-likeness (QED) is 0.901. The molecule has 0 aliphatic carbocycles. The number of urea groups is 1. The van der Waals surface area contributed by atoms with Gasteiger partial charge in [0, 0.05) is 45.1 Å². The third-order valence-electron chi connectivity index (χ3n) is 4.29. The first kappa shape index (κ1) is 17.2. The van der Waals surface area contributed by atoms with E-state index in [0.717, 1.165) is 24.9 Å². The van der Waals surface area contributed by atoms with Crippen LogP contribution in [0.5, 0.6) is 0 Å². The maximum atomic E-state index is 12.4. The molecule has 0 unspecified atom stereocenters. The number of amides is 3. The molecule has 0 saturated carbocycles. The Kier molecular flexibility index (Phi) is 6.38. The van der Waals surface area contributed by atoms with Gasteiger partial charge < -0.3 is 15.1 Å². The molecule has 1 aliphatic rings. The van der Waals surface area contributed by atoms with Crippen molar-refractivity contribution in [2.45, 2.75) is 33.2 Å². The topological polar surface area (TPSA) is 65.5 Å². The van der Waals surface area contributed by atoms with Crippen LogP contribution in [0.3, 0.4) is 0 Å². The molecule has 0 aromatic carbocycles. The molecule has 1 N–H and O–H groups in total. The van der Waals surface area contributed by atoms with Crippen LogP contribution < -0.4 is 5.32 Å². The van der Waals surface area contributed by atoms with Crippen molar-refractivity contribution in [3.63, 3.8) is 0 Å². The molecule has 6 nitrogen and oxygen atoms in total. The van der Waals surface area contributed by atoms with Crippen molar-refractivity contribution in [3.05, 3.63) is 30.1 Å². The average Bonchev–Trinajstić information content (AvgIpc) is 2.61. The average molecular weight is 318 g/mol. The van der Waals surface area contributed by atoms with Crippen molar-refractivity contribution in [1.29, 1.82) is 0 Å². The molecule has 0 spiro atoms. The van der Waals surface area contributed by atoms with Crippen LogP contribution in [0.2, 0.25) is 0 Å². The van der Waals surface area contributed by atoms with E-state index >= 15 is 0 Å². The molecular formula is C17H26N4O2. The minimum atomic E-state index is -0.125. The number of carbonyl (C=O) groups excluding carboxylic acids is 2. The summed E-state index contributed by atoms with van der Waals surface area (Å²) in [5.41, 5.74) is 0.979. The summed E-state index contributed by atoms with van der Waals surface area (Å²) in [5, 5.41) is 2.95. The number of hydrogen-bond acceptors (Lipinski definition) is 3. The Morgan fingerprint density at radius 3 is 2.83 bits per heavy atom. The van der Waals surface area contributed by atoms with E-state index in [9.17, 15) is 9.59 Å². The van der Waals surface area contributed by atoms with Crippen molar-refractivity contribution >= 4 is 11.9 Å². The maximum absolute atomic E-state index is 12.4. The van der Waals surface area contributed by atoms with Crippen molar-refractivity contribution in [3.8, 4) is 0 Å². The number of carbonyl (C=O) groups is 2. The van der Waals surface area contributed by atoms with E-state index in [4.69, 9.17) is 0 Å². The highest BCUT2D eigenvalue weighted by Crippen LogP contribution is 2.18. The summed E-state index contributed by atoms with van der Waals surface area (Å²) in [4.78, 5) is 32.4. The second-order valence-corrected chi connectivity index (χ2v) is 5.82. The largest absolute Gasteiger partial charge is 0.352 e. The van der Waals surface area contributed by atoms with Gasteiger partial charge in [-0.3, -0.25) is 9.78 Å². The van der Waals surface area contributed by atoms with Gasteiger partial charge in [0.15, 0.2) is 0 Å². The third kappa shape index (κ3) is 4.68. The number of aromatic nitrogens is 1. The molecule has 1 aliphatic heterocycles. The molecule has 1 aromatic rings. The summed E-state index contributed by atoms with van der Waals surface area (Å²) < 4.78 is 0. The Labute approximate surface area is 137 Å². The number of likely N-dealkylation sites (tertiary alicyclic amines) is 1. The van der Waals surface area contributed by atoms with Gasteiger partial charge in [0.2, 0.25) is 5.91 Å². The van der Waals surface area contributed by atoms with Gasteiger partial charge in [-0.25, -0.2) is 4.79 Å². The molecule has 1 aromatic heterocycles. The maximum Gasteiger partial charge on any atom is 0.320 e. The first-order chi connectivity index (χ1) is 11.2. The molecule has 1 atom stereocenters. The number of piperidine rings is 1. The standard InChI is InChI=1S/C17H26N4O2/c1-3-20(4-2)17(23)21-10-6-8-15(13-21)16(22)19-12-14-7-5-9-18-11-14/h5,7,9,11,15H,3-4,6,8,10,12-13H2,1-2H3,(H,19,22)/t15-/m0/s1. The zero-order valence-corrected chi connectivity index (χ0v) is 14.0. The van der Waals surface area contributed by atoms with Crippen molar-refractivity contribution in [1.82, 2.24) is 20.1 Å². The van der Waals surface area contributed by atoms with Gasteiger partial charge in [-0.05, 0) is 38.3 Å². The smallest absolute Gasteiger partial charge is 0.320 e. The Bertz CT molecular complexity index is 517. The Morgan fingerprint density at radius 1 is 1.39 bits per heavy atom. The zero-order valence-electron chi connectivity index (χ0n) is 14.0. The van der Waals surface area contributed by atoms with Gasteiger partial charge in [0.25, 0.3) is 0 Å². The van der Waals surface area contributed by atoms with E-state index in [1.807, 2.05) is 30.9 Å². The highest BCUT2D eigenvalue weighted by Gasteiger charge is 2.29. The predicted molar refractivity (Wildman–Crippen MR) is 88.7 cm³/mol. The fraction of sp³-hybridized carbons (Fsp3) is 0.588. The van der Waals surface area contributed by atoms with Gasteiger partial charge in [-0.2, -0.15) is 0 Å². The summed E-state index contributed by atoms with van der Waals surface area (Å²) in [7, 11) is 0. The number of hydrogen-bond donors (Lipinski definition) is 1. The van der Waals surface area contributed by atoms with Crippen LogP contribution in [0.25, 0.3) is 0 Å². The SMILES string of the molecule is CCN(CC)C(=O)N1CCC[C@H](C(=O)NCc2cccnc2)C1. The summed E-state index contributed by atoms with van der Waals surface area (Å²) in [6.07, 6.45) is 5.17. The highest BCUT2D eigenvalue weighted by molar-refractivity contribution is 5.80. The predicted octanol–water partition coefficient (Wildman–Crippen LogP) is 1.87. The first-order valence-corrected chi connectivity index (χ1v) is 8.36. The number of nitrogens with zero attached hydrogens (tertiary/aromatic N) is 3. The molecule has 0 radical (unpaired) electrons. The lowest BCUT2D eigenvalue weighted by molar-refractivity contribution is -0.126. The molecule has 3 amide bonds. The van der Waals surface area contributed by atoms with E-state index < -0.39 is 0 Å². The van der Waals surface area contributed by atoms with Crippen LogP contribution in [0.1, 0.15) is 32.3 Å². The molecule has 1 fully saturated rings. The Morgan fingerprint density at radius 2 is 2.17 bits per heavy atom. The molecule has 1 saturated heterocycles. The number of nitrogens with one attached hydrogen (secondary N) is 1. The second-order valence-electron chi connectivity index (χ2n) is 5.82. The molecule has 126 valence electrons. The molecule has 23 heavy (non-hydrogen) atoms. The molecule has 0 bridgehead atoms. The van der Waals surface area contributed by atoms with Crippen LogP contribution in [0.4, 0.5) is 4.79 Å². The summed E-state index contributed by atoms with van der Waals surface area (Å²) in [6, 6.07) is 3.83. The third-order valence-corrected chi connectivity index (χ3v) is 4.29. The van der Waals surface area contributed by atoms with E-state index in [-0.39, 0.29) is 17.9 Å². The zero-order chi connectivity index (χ0) is 16.7. The lowest BCUT2D eigenvalue weighted by atomic mass is 9.97. The van der Waals surface area contributed by atoms with E-state index in [2.05, 4.69) is 10.3 Å². The monoisotopic (exact) mass is 318 g/mol. The summed E-state index contributed by atoms with van der Waals surface area (Å²) in [6.45, 7) is 7.07. The molecule has 2 heterocycles. The minimum absolute atomic E-state index is 0.0194. The Balaban J connectivity index is 1.87. The second kappa shape index (κ2) is 8.50. The van der Waals surface area contributed by atoms with Crippen LogP contribution in [-0.4, -0.2) is 52.9 Å². The first-order valence-electron chi connectivity index (χ1n) is 8.36. The number of pyridine rings is 1. The van der Waals surface area contributed by atoms with Crippen LogP contribution in [0, 0.1) is 5.92 Å². The Hall–Kier alpha value is -2.11. The van der Waals surface area contributed by atoms with Crippen LogP contribution >= 0.6 is 0 Å². The van der Waals surface area contributed by atoms with E-state index in [1.54, 1.807) is 17.3 Å². The van der Waals surface area contributed by atoms with Crippen molar-refractivity contribution in [2.24, 2.45) is 5.92 Å². The fourth-order valence-electron chi connectivity index (χ4n) is 2.90. The summed E-state index contributed by atoms with van der Waals surface area (Å²) in [5.74, 6) is -0.106. The lowest BCUT2D eigenvalue weighted by Crippen LogP contribution is -2.50. The normalized spacial score (nSPS) is 17.7.